The predicted octanol–water partition coefficient (Wildman–Crippen LogP) is -0.398. The fourth-order valence-corrected chi connectivity index (χ4v) is 1.78. The Morgan fingerprint density at radius 1 is 0.565 bits per heavy atom. The minimum atomic E-state index is 0. The van der Waals surface area contributed by atoms with E-state index in [2.05, 4.69) is 65.8 Å². The largest absolute Gasteiger partial charge is 2.00 e. The zero-order valence-electron chi connectivity index (χ0n) is 14.4. The molecule has 2 aromatic carbocycles. The topological polar surface area (TPSA) is 0 Å². The first-order valence-corrected chi connectivity index (χ1v) is 7.03. The molecule has 2 aromatic rings. The normalized spacial score (nSPS) is 10.0. The molecule has 0 fully saturated rings. The maximum Gasteiger partial charge on any atom is 2.00 e. The molecular weight excluding hydrogens is 402 g/mol. The zero-order valence-corrected chi connectivity index (χ0v) is 18.4. The Labute approximate surface area is 174 Å². The van der Waals surface area contributed by atoms with Crippen molar-refractivity contribution in [3.63, 3.8) is 0 Å². The molecule has 0 aliphatic rings. The van der Waals surface area contributed by atoms with Crippen LogP contribution in [-0.4, -0.2) is 0 Å². The van der Waals surface area contributed by atoms with Gasteiger partial charge in [-0.3, -0.25) is 0 Å². The summed E-state index contributed by atoms with van der Waals surface area (Å²) in [6.45, 7) is 16.5. The van der Waals surface area contributed by atoms with Gasteiger partial charge in [0.25, 0.3) is 0 Å². The molecule has 0 unspecified atom stereocenters. The van der Waals surface area contributed by atoms with Gasteiger partial charge in [0.2, 0.25) is 0 Å². The van der Waals surface area contributed by atoms with E-state index in [1.54, 1.807) is 0 Å². The van der Waals surface area contributed by atoms with Crippen molar-refractivity contribution in [3.8, 4) is 0 Å². The van der Waals surface area contributed by atoms with Gasteiger partial charge in [-0.25, -0.2) is 0 Å². The van der Waals surface area contributed by atoms with Crippen molar-refractivity contribution in [1.29, 1.82) is 0 Å². The summed E-state index contributed by atoms with van der Waals surface area (Å²) >= 11 is 0. The summed E-state index contributed by atoms with van der Waals surface area (Å²) in [6.07, 6.45) is 0. The minimum absolute atomic E-state index is 0. The first-order chi connectivity index (χ1) is 9.21. The standard InChI is InChI=1S/2C10H13.2ClH.Zr/c2*1-10(2,3)9-7-5-4-6-8-9;;;/h2*4-8H,1H2,2-3H3;2*1H;/q2*-1;;;+2/p-2. The average molecular weight is 429 g/mol. The van der Waals surface area contributed by atoms with Crippen LogP contribution in [0.2, 0.25) is 0 Å². The molecule has 3 heteroatoms. The van der Waals surface area contributed by atoms with Crippen molar-refractivity contribution >= 4 is 0 Å². The number of hydrogen-bond donors (Lipinski definition) is 0. The van der Waals surface area contributed by atoms with E-state index in [0.717, 1.165) is 0 Å². The Bertz CT molecular complexity index is 447. The second-order valence-electron chi connectivity index (χ2n) is 6.50. The van der Waals surface area contributed by atoms with Gasteiger partial charge in [0, 0.05) is 0 Å². The Morgan fingerprint density at radius 3 is 0.913 bits per heavy atom. The van der Waals surface area contributed by atoms with Gasteiger partial charge >= 0.3 is 26.2 Å². The van der Waals surface area contributed by atoms with E-state index in [-0.39, 0.29) is 61.8 Å². The molecule has 0 nitrogen and oxygen atoms in total. The summed E-state index contributed by atoms with van der Waals surface area (Å²) in [7, 11) is 0. The first kappa shape index (κ1) is 27.7. The molecule has 0 spiro atoms. The van der Waals surface area contributed by atoms with E-state index >= 15 is 0 Å². The third-order valence-electron chi connectivity index (χ3n) is 3.11. The molecular formula is C20H26Cl2Zr-2. The van der Waals surface area contributed by atoms with Crippen LogP contribution < -0.4 is 24.8 Å². The summed E-state index contributed by atoms with van der Waals surface area (Å²) in [4.78, 5) is 0. The first-order valence-electron chi connectivity index (χ1n) is 7.03. The molecule has 0 aliphatic carbocycles. The molecule has 2 rings (SSSR count). The van der Waals surface area contributed by atoms with Gasteiger partial charge in [0.15, 0.2) is 0 Å². The van der Waals surface area contributed by atoms with E-state index in [4.69, 9.17) is 0 Å². The molecule has 0 heterocycles. The molecule has 0 aliphatic heterocycles. The Hall–Kier alpha value is -0.0969. The SMILES string of the molecule is [CH2-]C(C)(C)c1ccccc1.[CH2-]C(C)(C)c1ccccc1.[Cl-].[Cl-].[Zr+2]. The van der Waals surface area contributed by atoms with Crippen LogP contribution in [0.25, 0.3) is 0 Å². The summed E-state index contributed by atoms with van der Waals surface area (Å²) in [6, 6.07) is 20.6. The Balaban J connectivity index is -0.000000308. The molecule has 0 aromatic heterocycles. The third-order valence-corrected chi connectivity index (χ3v) is 3.11. The average Bonchev–Trinajstić information content (AvgIpc) is 2.40. The third kappa shape index (κ3) is 11.1. The van der Waals surface area contributed by atoms with E-state index in [0.29, 0.717) is 0 Å². The number of halogens is 2. The van der Waals surface area contributed by atoms with Gasteiger partial charge in [0.05, 0.1) is 0 Å². The summed E-state index contributed by atoms with van der Waals surface area (Å²) < 4.78 is 0. The van der Waals surface area contributed by atoms with Crippen LogP contribution in [0.1, 0.15) is 38.8 Å². The van der Waals surface area contributed by atoms with Crippen molar-refractivity contribution in [2.75, 3.05) is 0 Å². The summed E-state index contributed by atoms with van der Waals surface area (Å²) in [5, 5.41) is 0. The van der Waals surface area contributed by atoms with E-state index in [1.807, 2.05) is 36.4 Å². The van der Waals surface area contributed by atoms with Crippen LogP contribution in [0.3, 0.4) is 0 Å². The fraction of sp³-hybridized carbons (Fsp3) is 0.300. The molecule has 0 atom stereocenters. The van der Waals surface area contributed by atoms with Crippen LogP contribution in [-0.2, 0) is 37.0 Å². The number of rotatable bonds is 2. The van der Waals surface area contributed by atoms with Crippen molar-refractivity contribution in [1.82, 2.24) is 0 Å². The maximum absolute atomic E-state index is 4.04. The summed E-state index contributed by atoms with van der Waals surface area (Å²) in [5.41, 5.74) is 2.66. The molecule has 0 bridgehead atoms. The van der Waals surface area contributed by atoms with Crippen molar-refractivity contribution < 1.29 is 51.0 Å². The fourth-order valence-electron chi connectivity index (χ4n) is 1.78. The van der Waals surface area contributed by atoms with Crippen LogP contribution in [0.5, 0.6) is 0 Å². The second-order valence-corrected chi connectivity index (χ2v) is 6.50. The number of benzene rings is 2. The molecule has 0 radical (unpaired) electrons. The Morgan fingerprint density at radius 2 is 0.783 bits per heavy atom. The summed E-state index contributed by atoms with van der Waals surface area (Å²) in [5.74, 6) is 0. The molecule has 0 N–H and O–H groups in total. The maximum atomic E-state index is 4.04. The van der Waals surface area contributed by atoms with Gasteiger partial charge in [-0.05, 0) is 0 Å². The molecule has 0 saturated heterocycles. The minimum Gasteiger partial charge on any atom is -1.00 e. The van der Waals surface area contributed by atoms with Crippen LogP contribution in [0.15, 0.2) is 60.7 Å². The van der Waals surface area contributed by atoms with Gasteiger partial charge < -0.3 is 38.7 Å². The van der Waals surface area contributed by atoms with Crippen molar-refractivity contribution in [2.45, 2.75) is 38.5 Å². The molecule has 126 valence electrons. The smallest absolute Gasteiger partial charge is 1.00 e. The van der Waals surface area contributed by atoms with E-state index in [9.17, 15) is 0 Å². The van der Waals surface area contributed by atoms with Crippen LogP contribution in [0.4, 0.5) is 0 Å². The monoisotopic (exact) mass is 426 g/mol. The molecule has 0 saturated carbocycles. The predicted molar refractivity (Wildman–Crippen MR) is 89.7 cm³/mol. The van der Waals surface area contributed by atoms with Gasteiger partial charge in [-0.15, -0.1) is 10.8 Å². The van der Waals surface area contributed by atoms with Crippen LogP contribution in [0, 0.1) is 13.8 Å². The van der Waals surface area contributed by atoms with Gasteiger partial charge in [0.1, 0.15) is 0 Å². The van der Waals surface area contributed by atoms with Gasteiger partial charge in [-0.1, -0.05) is 99.5 Å². The van der Waals surface area contributed by atoms with Crippen molar-refractivity contribution in [3.05, 3.63) is 85.6 Å². The zero-order chi connectivity index (χ0) is 15.2. The Kier molecular flexibility index (Phi) is 14.8. The van der Waals surface area contributed by atoms with Crippen LogP contribution >= 0.6 is 0 Å². The quantitative estimate of drug-likeness (QED) is 0.572. The number of hydrogen-bond acceptors (Lipinski definition) is 0. The van der Waals surface area contributed by atoms with Crippen molar-refractivity contribution in [2.24, 2.45) is 0 Å². The van der Waals surface area contributed by atoms with E-state index in [1.165, 1.54) is 11.1 Å². The van der Waals surface area contributed by atoms with Gasteiger partial charge in [-0.2, -0.15) is 0 Å². The second kappa shape index (κ2) is 12.3. The van der Waals surface area contributed by atoms with E-state index < -0.39 is 0 Å². The molecule has 23 heavy (non-hydrogen) atoms. The molecule has 0 amide bonds.